The van der Waals surface area contributed by atoms with Crippen LogP contribution >= 0.6 is 24.0 Å². The molecule has 0 saturated carbocycles. The normalized spacial score (nSPS) is 15.2. The molecule has 4 N–H and O–H groups in total. The molecule has 8 nitrogen and oxygen atoms in total. The molecule has 0 saturated heterocycles. The SMILES string of the molecule is CC(=O)Nc1ccc(Oc2ccc3c(c2)C[C@@H](NC[C@@H](O)c2ccc(Cl)nc2)CC3)cc1C(=O)O.Cl. The smallest absolute Gasteiger partial charge is 0.337 e. The van der Waals surface area contributed by atoms with Gasteiger partial charge < -0.3 is 25.6 Å². The number of anilines is 1. The summed E-state index contributed by atoms with van der Waals surface area (Å²) in [6, 6.07) is 14.0. The van der Waals surface area contributed by atoms with E-state index in [1.165, 1.54) is 24.6 Å². The number of carbonyl (C=O) groups excluding carboxylic acids is 1. The number of amides is 1. The zero-order chi connectivity index (χ0) is 24.9. The van der Waals surface area contributed by atoms with Crippen molar-refractivity contribution in [3.63, 3.8) is 0 Å². The average molecular weight is 532 g/mol. The van der Waals surface area contributed by atoms with Gasteiger partial charge in [-0.2, -0.15) is 0 Å². The van der Waals surface area contributed by atoms with Crippen molar-refractivity contribution < 1.29 is 24.5 Å². The third kappa shape index (κ3) is 6.95. The summed E-state index contributed by atoms with van der Waals surface area (Å²) in [5, 5.41) is 26.3. The van der Waals surface area contributed by atoms with Crippen molar-refractivity contribution in [3.8, 4) is 11.5 Å². The maximum absolute atomic E-state index is 11.6. The van der Waals surface area contributed by atoms with E-state index in [0.717, 1.165) is 24.8 Å². The first kappa shape index (κ1) is 27.4. The van der Waals surface area contributed by atoms with Crippen LogP contribution in [0.25, 0.3) is 0 Å². The fourth-order valence-electron chi connectivity index (χ4n) is 4.15. The number of hydrogen-bond donors (Lipinski definition) is 4. The number of aromatic nitrogens is 1. The van der Waals surface area contributed by atoms with Crippen LogP contribution in [0.4, 0.5) is 5.69 Å². The number of carboxylic acids is 1. The molecule has 1 amide bonds. The van der Waals surface area contributed by atoms with Gasteiger partial charge in [-0.15, -0.1) is 12.4 Å². The number of aliphatic hydroxyl groups excluding tert-OH is 1. The lowest BCUT2D eigenvalue weighted by Crippen LogP contribution is -2.37. The fourth-order valence-corrected chi connectivity index (χ4v) is 4.26. The van der Waals surface area contributed by atoms with Crippen molar-refractivity contribution in [2.45, 2.75) is 38.3 Å². The van der Waals surface area contributed by atoms with Gasteiger partial charge in [-0.3, -0.25) is 4.79 Å². The summed E-state index contributed by atoms with van der Waals surface area (Å²) >= 11 is 5.81. The largest absolute Gasteiger partial charge is 0.478 e. The highest BCUT2D eigenvalue weighted by molar-refractivity contribution is 6.29. The van der Waals surface area contributed by atoms with Gasteiger partial charge in [-0.25, -0.2) is 9.78 Å². The second kappa shape index (κ2) is 12.2. The maximum atomic E-state index is 11.6. The zero-order valence-corrected chi connectivity index (χ0v) is 21.1. The van der Waals surface area contributed by atoms with Crippen LogP contribution in [0.1, 0.15) is 46.5 Å². The number of fused-ring (bicyclic) bond motifs is 1. The molecule has 1 heterocycles. The summed E-state index contributed by atoms with van der Waals surface area (Å²) in [5.74, 6) is -0.548. The van der Waals surface area contributed by atoms with E-state index in [9.17, 15) is 19.8 Å². The highest BCUT2D eigenvalue weighted by atomic mass is 35.5. The van der Waals surface area contributed by atoms with Gasteiger partial charge in [0, 0.05) is 31.3 Å². The monoisotopic (exact) mass is 531 g/mol. The van der Waals surface area contributed by atoms with Crippen molar-refractivity contribution in [2.24, 2.45) is 0 Å². The number of carboxylic acid groups (broad SMARTS) is 1. The van der Waals surface area contributed by atoms with E-state index in [-0.39, 0.29) is 35.6 Å². The number of rotatable bonds is 8. The van der Waals surface area contributed by atoms with E-state index < -0.39 is 12.1 Å². The van der Waals surface area contributed by atoms with Crippen molar-refractivity contribution in [1.29, 1.82) is 0 Å². The van der Waals surface area contributed by atoms with Crippen LogP contribution in [-0.4, -0.2) is 39.7 Å². The molecule has 0 spiro atoms. The first-order valence-corrected chi connectivity index (χ1v) is 11.6. The zero-order valence-electron chi connectivity index (χ0n) is 19.5. The molecule has 0 unspecified atom stereocenters. The van der Waals surface area contributed by atoms with Gasteiger partial charge >= 0.3 is 5.97 Å². The second-order valence-electron chi connectivity index (χ2n) is 8.50. The van der Waals surface area contributed by atoms with Gasteiger partial charge in [-0.05, 0) is 66.8 Å². The van der Waals surface area contributed by atoms with Gasteiger partial charge in [0.15, 0.2) is 0 Å². The first-order valence-electron chi connectivity index (χ1n) is 11.3. The van der Waals surface area contributed by atoms with E-state index in [0.29, 0.717) is 28.8 Å². The first-order chi connectivity index (χ1) is 16.8. The summed E-state index contributed by atoms with van der Waals surface area (Å²) in [6.45, 7) is 1.72. The van der Waals surface area contributed by atoms with Gasteiger partial charge in [-0.1, -0.05) is 23.7 Å². The molecule has 1 aromatic heterocycles. The Morgan fingerprint density at radius 3 is 2.58 bits per heavy atom. The lowest BCUT2D eigenvalue weighted by molar-refractivity contribution is -0.114. The Balaban J connectivity index is 0.00000361. The van der Waals surface area contributed by atoms with E-state index >= 15 is 0 Å². The van der Waals surface area contributed by atoms with Crippen LogP contribution < -0.4 is 15.4 Å². The number of aliphatic hydroxyl groups is 1. The molecule has 4 rings (SSSR count). The third-order valence-electron chi connectivity index (χ3n) is 5.91. The molecule has 0 fully saturated rings. The summed E-state index contributed by atoms with van der Waals surface area (Å²) in [5.41, 5.74) is 3.26. The van der Waals surface area contributed by atoms with Crippen LogP contribution in [0.2, 0.25) is 5.15 Å². The Kier molecular flexibility index (Phi) is 9.28. The fraction of sp³-hybridized carbons (Fsp3) is 0.269. The second-order valence-corrected chi connectivity index (χ2v) is 8.89. The molecule has 2 aromatic carbocycles. The molecule has 1 aliphatic rings. The number of hydrogen-bond acceptors (Lipinski definition) is 6. The van der Waals surface area contributed by atoms with Gasteiger partial charge in [0.1, 0.15) is 16.7 Å². The van der Waals surface area contributed by atoms with Crippen LogP contribution in [0.5, 0.6) is 11.5 Å². The lowest BCUT2D eigenvalue weighted by atomic mass is 9.88. The van der Waals surface area contributed by atoms with Gasteiger partial charge in [0.05, 0.1) is 17.4 Å². The molecule has 3 aromatic rings. The maximum Gasteiger partial charge on any atom is 0.337 e. The Morgan fingerprint density at radius 2 is 1.89 bits per heavy atom. The Hall–Kier alpha value is -3.17. The number of pyridine rings is 1. The number of halogens is 2. The standard InChI is InChI=1S/C26H26ClN3O5.ClH/c1-15(31)30-23-8-7-21(12-22(23)26(33)34)35-20-6-3-16-2-5-19(10-18(16)11-20)28-14-24(32)17-4-9-25(27)29-13-17;/h3-4,6-9,11-13,19,24,28,32H,2,5,10,14H2,1H3,(H,30,31)(H,33,34);1H/t19-,24+;/m0./s1. The molecule has 2 atom stereocenters. The summed E-state index contributed by atoms with van der Waals surface area (Å²) < 4.78 is 5.94. The summed E-state index contributed by atoms with van der Waals surface area (Å²) in [6.07, 6.45) is 3.53. The molecule has 0 aliphatic heterocycles. The van der Waals surface area contributed by atoms with E-state index in [1.54, 1.807) is 24.4 Å². The lowest BCUT2D eigenvalue weighted by Gasteiger charge is -2.27. The molecule has 1 aliphatic carbocycles. The minimum absolute atomic E-state index is 0. The van der Waals surface area contributed by atoms with Crippen LogP contribution in [0, 0.1) is 0 Å². The van der Waals surface area contributed by atoms with Crippen LogP contribution in [0.3, 0.4) is 0 Å². The quantitative estimate of drug-likeness (QED) is 0.308. The predicted molar refractivity (Wildman–Crippen MR) is 139 cm³/mol. The average Bonchev–Trinajstić information content (AvgIpc) is 2.83. The Labute approximate surface area is 220 Å². The highest BCUT2D eigenvalue weighted by Crippen LogP contribution is 2.31. The number of aromatic carboxylic acids is 1. The molecule has 190 valence electrons. The minimum atomic E-state index is -1.16. The summed E-state index contributed by atoms with van der Waals surface area (Å²) in [7, 11) is 0. The topological polar surface area (TPSA) is 121 Å². The molecule has 36 heavy (non-hydrogen) atoms. The Bertz CT molecular complexity index is 1240. The molecule has 0 radical (unpaired) electrons. The minimum Gasteiger partial charge on any atom is -0.478 e. The van der Waals surface area contributed by atoms with Gasteiger partial charge in [0.25, 0.3) is 0 Å². The summed E-state index contributed by atoms with van der Waals surface area (Å²) in [4.78, 5) is 27.0. The van der Waals surface area contributed by atoms with Crippen molar-refractivity contribution in [2.75, 3.05) is 11.9 Å². The van der Waals surface area contributed by atoms with Crippen LogP contribution in [0.15, 0.2) is 54.7 Å². The van der Waals surface area contributed by atoms with Crippen LogP contribution in [-0.2, 0) is 17.6 Å². The number of aryl methyl sites for hydroxylation is 1. The molecular formula is C26H27Cl2N3O5. The predicted octanol–water partition coefficient (Wildman–Crippen LogP) is 4.79. The number of nitrogens with one attached hydrogen (secondary N) is 2. The van der Waals surface area contributed by atoms with Crippen molar-refractivity contribution in [1.82, 2.24) is 10.3 Å². The third-order valence-corrected chi connectivity index (χ3v) is 6.13. The highest BCUT2D eigenvalue weighted by Gasteiger charge is 2.21. The van der Waals surface area contributed by atoms with E-state index in [4.69, 9.17) is 16.3 Å². The molecular weight excluding hydrogens is 505 g/mol. The number of benzene rings is 2. The van der Waals surface area contributed by atoms with Crippen molar-refractivity contribution in [3.05, 3.63) is 82.1 Å². The number of carbonyl (C=O) groups is 2. The number of nitrogens with zero attached hydrogens (tertiary/aromatic N) is 1. The Morgan fingerprint density at radius 1 is 1.14 bits per heavy atom. The van der Waals surface area contributed by atoms with E-state index in [1.807, 2.05) is 18.2 Å². The molecule has 0 bridgehead atoms. The van der Waals surface area contributed by atoms with E-state index in [2.05, 4.69) is 15.6 Å². The number of ether oxygens (including phenoxy) is 1. The molecule has 10 heteroatoms. The van der Waals surface area contributed by atoms with Crippen molar-refractivity contribution >= 4 is 41.6 Å². The van der Waals surface area contributed by atoms with Gasteiger partial charge in [0.2, 0.25) is 5.91 Å².